The van der Waals surface area contributed by atoms with Crippen molar-refractivity contribution < 1.29 is 9.84 Å². The average molecular weight is 257 g/mol. The first kappa shape index (κ1) is 13.6. The molecule has 1 unspecified atom stereocenters. The summed E-state index contributed by atoms with van der Waals surface area (Å²) in [5.74, 6) is 0.766. The van der Waals surface area contributed by atoms with E-state index in [4.69, 9.17) is 15.6 Å². The molecule has 3 nitrogen and oxygen atoms in total. The summed E-state index contributed by atoms with van der Waals surface area (Å²) >= 11 is 0. The summed E-state index contributed by atoms with van der Waals surface area (Å²) in [5.41, 5.74) is 9.19. The molecule has 0 heterocycles. The Balaban J connectivity index is 2.36. The highest BCUT2D eigenvalue weighted by Gasteiger charge is 2.12. The smallest absolute Gasteiger partial charge is 0.124 e. The molecule has 0 amide bonds. The number of hydrogen-bond donors (Lipinski definition) is 2. The monoisotopic (exact) mass is 257 g/mol. The molecule has 0 radical (unpaired) electrons. The zero-order chi connectivity index (χ0) is 13.7. The van der Waals surface area contributed by atoms with E-state index in [9.17, 15) is 0 Å². The van der Waals surface area contributed by atoms with E-state index in [1.807, 2.05) is 36.4 Å². The maximum atomic E-state index is 8.97. The number of aliphatic hydroxyl groups is 1. The Kier molecular flexibility index (Phi) is 4.55. The van der Waals surface area contributed by atoms with Crippen LogP contribution >= 0.6 is 0 Å². The fraction of sp³-hybridized carbons (Fsp3) is 0.250. The van der Waals surface area contributed by atoms with Gasteiger partial charge in [-0.1, -0.05) is 42.5 Å². The molecule has 0 saturated carbocycles. The van der Waals surface area contributed by atoms with E-state index in [1.54, 1.807) is 7.11 Å². The molecule has 2 aromatic rings. The highest BCUT2D eigenvalue weighted by atomic mass is 16.5. The molecule has 3 heteroatoms. The summed E-state index contributed by atoms with van der Waals surface area (Å²) in [4.78, 5) is 0. The van der Waals surface area contributed by atoms with Gasteiger partial charge in [0, 0.05) is 18.2 Å². The summed E-state index contributed by atoms with van der Waals surface area (Å²) in [6, 6.07) is 15.9. The van der Waals surface area contributed by atoms with Crippen LogP contribution in [0.5, 0.6) is 5.75 Å². The maximum absolute atomic E-state index is 8.97. The fourth-order valence-corrected chi connectivity index (χ4v) is 2.12. The van der Waals surface area contributed by atoms with Crippen LogP contribution in [0.2, 0.25) is 0 Å². The molecule has 0 bridgehead atoms. The first-order chi connectivity index (χ1) is 9.26. The molecule has 0 saturated heterocycles. The first-order valence-corrected chi connectivity index (χ1v) is 6.36. The molecule has 2 aromatic carbocycles. The molecule has 0 aliphatic heterocycles. The SMILES string of the molecule is COc1cc(-c2ccccc2)ccc1C(N)CCO. The predicted octanol–water partition coefficient (Wildman–Crippen LogP) is 2.74. The lowest BCUT2D eigenvalue weighted by Gasteiger charge is -2.16. The summed E-state index contributed by atoms with van der Waals surface area (Å²) in [5, 5.41) is 8.97. The molecule has 0 fully saturated rings. The Morgan fingerprint density at radius 1 is 1.11 bits per heavy atom. The lowest BCUT2D eigenvalue weighted by Crippen LogP contribution is -2.13. The van der Waals surface area contributed by atoms with Crippen LogP contribution in [0.1, 0.15) is 18.0 Å². The van der Waals surface area contributed by atoms with Crippen molar-refractivity contribution in [1.82, 2.24) is 0 Å². The van der Waals surface area contributed by atoms with E-state index >= 15 is 0 Å². The van der Waals surface area contributed by atoms with Crippen LogP contribution in [0, 0.1) is 0 Å². The third-order valence-corrected chi connectivity index (χ3v) is 3.18. The van der Waals surface area contributed by atoms with Gasteiger partial charge in [0.15, 0.2) is 0 Å². The highest BCUT2D eigenvalue weighted by Crippen LogP contribution is 2.31. The lowest BCUT2D eigenvalue weighted by molar-refractivity contribution is 0.275. The highest BCUT2D eigenvalue weighted by molar-refractivity contribution is 5.66. The number of hydrogen-bond acceptors (Lipinski definition) is 3. The lowest BCUT2D eigenvalue weighted by atomic mass is 9.98. The number of methoxy groups -OCH3 is 1. The number of rotatable bonds is 5. The second-order valence-electron chi connectivity index (χ2n) is 4.44. The standard InChI is InChI=1S/C16H19NO2/c1-19-16-11-13(12-5-3-2-4-6-12)7-8-14(16)15(17)9-10-18/h2-8,11,15,18H,9-10,17H2,1H3. The third-order valence-electron chi connectivity index (χ3n) is 3.18. The molecule has 1 atom stereocenters. The van der Waals surface area contributed by atoms with Crippen LogP contribution in [0.15, 0.2) is 48.5 Å². The Labute approximate surface area is 113 Å². The molecule has 100 valence electrons. The van der Waals surface area contributed by atoms with Crippen LogP contribution in [0.25, 0.3) is 11.1 Å². The van der Waals surface area contributed by atoms with E-state index in [2.05, 4.69) is 12.1 Å². The van der Waals surface area contributed by atoms with Crippen molar-refractivity contribution >= 4 is 0 Å². The number of ether oxygens (including phenoxy) is 1. The molecule has 3 N–H and O–H groups in total. The first-order valence-electron chi connectivity index (χ1n) is 6.36. The topological polar surface area (TPSA) is 55.5 Å². The van der Waals surface area contributed by atoms with E-state index in [-0.39, 0.29) is 12.6 Å². The summed E-state index contributed by atoms with van der Waals surface area (Å²) in [6.45, 7) is 0.0742. The van der Waals surface area contributed by atoms with Gasteiger partial charge >= 0.3 is 0 Å². The van der Waals surface area contributed by atoms with Crippen LogP contribution in [0.3, 0.4) is 0 Å². The maximum Gasteiger partial charge on any atom is 0.124 e. The van der Waals surface area contributed by atoms with Crippen molar-refractivity contribution in [1.29, 1.82) is 0 Å². The van der Waals surface area contributed by atoms with Crippen molar-refractivity contribution in [2.45, 2.75) is 12.5 Å². The molecule has 2 rings (SSSR count). The van der Waals surface area contributed by atoms with Crippen LogP contribution in [-0.2, 0) is 0 Å². The Morgan fingerprint density at radius 2 is 1.84 bits per heavy atom. The van der Waals surface area contributed by atoms with Gasteiger partial charge in [-0.15, -0.1) is 0 Å². The Bertz CT molecular complexity index is 526. The molecular formula is C16H19NO2. The largest absolute Gasteiger partial charge is 0.496 e. The quantitative estimate of drug-likeness (QED) is 0.866. The van der Waals surface area contributed by atoms with Gasteiger partial charge in [0.2, 0.25) is 0 Å². The molecule has 0 aromatic heterocycles. The third kappa shape index (κ3) is 3.13. The minimum Gasteiger partial charge on any atom is -0.496 e. The summed E-state index contributed by atoms with van der Waals surface area (Å²) in [7, 11) is 1.64. The van der Waals surface area contributed by atoms with Gasteiger partial charge in [0.1, 0.15) is 5.75 Å². The zero-order valence-corrected chi connectivity index (χ0v) is 11.0. The van der Waals surface area contributed by atoms with Crippen molar-refractivity contribution in [3.8, 4) is 16.9 Å². The van der Waals surface area contributed by atoms with E-state index in [0.29, 0.717) is 6.42 Å². The van der Waals surface area contributed by atoms with Crippen LogP contribution in [0.4, 0.5) is 0 Å². The fourth-order valence-electron chi connectivity index (χ4n) is 2.12. The van der Waals surface area contributed by atoms with E-state index in [1.165, 1.54) is 0 Å². The normalized spacial score (nSPS) is 12.2. The summed E-state index contributed by atoms with van der Waals surface area (Å²) < 4.78 is 5.41. The minimum atomic E-state index is -0.204. The summed E-state index contributed by atoms with van der Waals surface area (Å²) in [6.07, 6.45) is 0.529. The molecule has 19 heavy (non-hydrogen) atoms. The van der Waals surface area contributed by atoms with Gasteiger partial charge in [0.25, 0.3) is 0 Å². The van der Waals surface area contributed by atoms with Crippen molar-refractivity contribution in [2.24, 2.45) is 5.73 Å². The zero-order valence-electron chi connectivity index (χ0n) is 11.0. The van der Waals surface area contributed by atoms with Crippen molar-refractivity contribution in [3.05, 3.63) is 54.1 Å². The molecule has 0 aliphatic carbocycles. The number of benzene rings is 2. The number of nitrogens with two attached hydrogens (primary N) is 1. The average Bonchev–Trinajstić information content (AvgIpc) is 2.47. The number of aliphatic hydroxyl groups excluding tert-OH is 1. The molecular weight excluding hydrogens is 238 g/mol. The minimum absolute atomic E-state index is 0.0742. The predicted molar refractivity (Wildman–Crippen MR) is 77.1 cm³/mol. The van der Waals surface area contributed by atoms with Gasteiger partial charge in [-0.05, 0) is 23.6 Å². The van der Waals surface area contributed by atoms with Gasteiger partial charge < -0.3 is 15.6 Å². The molecule has 0 spiro atoms. The second kappa shape index (κ2) is 6.36. The second-order valence-corrected chi connectivity index (χ2v) is 4.44. The van der Waals surface area contributed by atoms with Gasteiger partial charge in [-0.3, -0.25) is 0 Å². The Morgan fingerprint density at radius 3 is 2.47 bits per heavy atom. The van der Waals surface area contributed by atoms with Gasteiger partial charge in [0.05, 0.1) is 7.11 Å². The van der Waals surface area contributed by atoms with E-state index in [0.717, 1.165) is 22.4 Å². The van der Waals surface area contributed by atoms with Gasteiger partial charge in [-0.2, -0.15) is 0 Å². The molecule has 0 aliphatic rings. The van der Waals surface area contributed by atoms with Crippen molar-refractivity contribution in [3.63, 3.8) is 0 Å². The van der Waals surface area contributed by atoms with Crippen molar-refractivity contribution in [2.75, 3.05) is 13.7 Å². The van der Waals surface area contributed by atoms with E-state index < -0.39 is 0 Å². The van der Waals surface area contributed by atoms with Crippen LogP contribution in [-0.4, -0.2) is 18.8 Å². The van der Waals surface area contributed by atoms with Gasteiger partial charge in [-0.25, -0.2) is 0 Å². The Hall–Kier alpha value is -1.84. The van der Waals surface area contributed by atoms with Crippen LogP contribution < -0.4 is 10.5 Å².